The lowest BCUT2D eigenvalue weighted by Crippen LogP contribution is -2.19. The molecule has 0 aliphatic heterocycles. The van der Waals surface area contributed by atoms with E-state index in [1.165, 1.54) is 0 Å². The van der Waals surface area contributed by atoms with Crippen molar-refractivity contribution in [3.63, 3.8) is 0 Å². The number of carboxylic acids is 1. The van der Waals surface area contributed by atoms with Crippen LogP contribution in [-0.4, -0.2) is 16.2 Å². The largest absolute Gasteiger partial charge is 0.504 e. The molecule has 0 saturated carbocycles. The number of carboxylic acid groups (broad SMARTS) is 1. The summed E-state index contributed by atoms with van der Waals surface area (Å²) in [4.78, 5) is 10.3. The predicted octanol–water partition coefficient (Wildman–Crippen LogP) is 0.0696. The minimum absolute atomic E-state index is 0.0810. The zero-order valence-corrected chi connectivity index (χ0v) is 5.52. The van der Waals surface area contributed by atoms with Crippen LogP contribution in [0.15, 0.2) is 16.9 Å². The van der Waals surface area contributed by atoms with Gasteiger partial charge in [-0.3, -0.25) is 4.79 Å². The second-order valence-electron chi connectivity index (χ2n) is 2.03. The van der Waals surface area contributed by atoms with Gasteiger partial charge in [-0.05, 0) is 0 Å². The van der Waals surface area contributed by atoms with E-state index in [-0.39, 0.29) is 11.3 Å². The molecule has 0 bridgehead atoms. The van der Waals surface area contributed by atoms with Crippen LogP contribution in [0.5, 0.6) is 5.75 Å². The third-order valence-electron chi connectivity index (χ3n) is 1.27. The zero-order chi connectivity index (χ0) is 8.43. The molecule has 0 radical (unpaired) electrons. The smallest absolute Gasteiger partial charge is 0.325 e. The van der Waals surface area contributed by atoms with Crippen molar-refractivity contribution in [3.8, 4) is 5.75 Å². The van der Waals surface area contributed by atoms with Gasteiger partial charge in [-0.15, -0.1) is 0 Å². The van der Waals surface area contributed by atoms with E-state index < -0.39 is 12.0 Å². The van der Waals surface area contributed by atoms with Crippen molar-refractivity contribution in [2.45, 2.75) is 6.04 Å². The van der Waals surface area contributed by atoms with Gasteiger partial charge in [0.1, 0.15) is 12.3 Å². The van der Waals surface area contributed by atoms with Gasteiger partial charge in [0, 0.05) is 0 Å². The molecule has 1 aromatic rings. The van der Waals surface area contributed by atoms with Crippen LogP contribution in [0.4, 0.5) is 0 Å². The van der Waals surface area contributed by atoms with Crippen molar-refractivity contribution in [3.05, 3.63) is 18.1 Å². The molecule has 0 spiro atoms. The number of hydrogen-bond donors (Lipinski definition) is 3. The van der Waals surface area contributed by atoms with Gasteiger partial charge in [-0.2, -0.15) is 0 Å². The number of aromatic hydroxyl groups is 1. The van der Waals surface area contributed by atoms with E-state index in [2.05, 4.69) is 4.42 Å². The van der Waals surface area contributed by atoms with Crippen LogP contribution in [0.2, 0.25) is 0 Å². The molecule has 0 amide bonds. The third kappa shape index (κ3) is 1.32. The normalized spacial score (nSPS) is 12.8. The van der Waals surface area contributed by atoms with Crippen molar-refractivity contribution in [1.82, 2.24) is 0 Å². The average molecular weight is 157 g/mol. The fraction of sp³-hybridized carbons (Fsp3) is 0.167. The van der Waals surface area contributed by atoms with Crippen molar-refractivity contribution < 1.29 is 19.4 Å². The van der Waals surface area contributed by atoms with Crippen LogP contribution in [0.3, 0.4) is 0 Å². The maximum atomic E-state index is 10.3. The van der Waals surface area contributed by atoms with E-state index in [9.17, 15) is 4.79 Å². The maximum absolute atomic E-state index is 10.3. The summed E-state index contributed by atoms with van der Waals surface area (Å²) >= 11 is 0. The summed E-state index contributed by atoms with van der Waals surface area (Å²) in [6, 6.07) is -1.23. The second-order valence-corrected chi connectivity index (χ2v) is 2.03. The topological polar surface area (TPSA) is 96.7 Å². The first-order valence-electron chi connectivity index (χ1n) is 2.86. The summed E-state index contributed by atoms with van der Waals surface area (Å²) in [5, 5.41) is 17.3. The Labute approximate surface area is 62.0 Å². The first-order chi connectivity index (χ1) is 5.13. The lowest BCUT2D eigenvalue weighted by atomic mass is 10.1. The van der Waals surface area contributed by atoms with Gasteiger partial charge in [0.15, 0.2) is 5.75 Å². The molecule has 11 heavy (non-hydrogen) atoms. The molecule has 1 aromatic heterocycles. The highest BCUT2D eigenvalue weighted by Gasteiger charge is 2.19. The Morgan fingerprint density at radius 2 is 2.27 bits per heavy atom. The number of hydrogen-bond acceptors (Lipinski definition) is 4. The third-order valence-corrected chi connectivity index (χ3v) is 1.27. The molecule has 1 unspecified atom stereocenters. The first-order valence-corrected chi connectivity index (χ1v) is 2.86. The number of carbonyl (C=O) groups is 1. The summed E-state index contributed by atoms with van der Waals surface area (Å²) in [6.45, 7) is 0. The lowest BCUT2D eigenvalue weighted by Gasteiger charge is -2.01. The lowest BCUT2D eigenvalue weighted by molar-refractivity contribution is -0.138. The molecule has 1 heterocycles. The number of aliphatic carboxylic acids is 1. The summed E-state index contributed by atoms with van der Waals surface area (Å²) in [5.41, 5.74) is 5.24. The molecule has 5 nitrogen and oxygen atoms in total. The standard InChI is InChI=1S/C6H7NO4/c7-5(6(9)10)3-1-11-2-4(3)8/h1-2,5,8H,7H2,(H,9,10). The predicted molar refractivity (Wildman–Crippen MR) is 34.9 cm³/mol. The highest BCUT2D eigenvalue weighted by Crippen LogP contribution is 2.23. The average Bonchev–Trinajstić information content (AvgIpc) is 2.33. The quantitative estimate of drug-likeness (QED) is 0.564. The van der Waals surface area contributed by atoms with E-state index >= 15 is 0 Å². The van der Waals surface area contributed by atoms with Crippen molar-refractivity contribution >= 4 is 5.97 Å². The molecule has 1 atom stereocenters. The molecule has 0 fully saturated rings. The molecular formula is C6H7NO4. The number of nitrogens with two attached hydrogens (primary N) is 1. The van der Waals surface area contributed by atoms with Gasteiger partial charge in [0.2, 0.25) is 0 Å². The second kappa shape index (κ2) is 2.63. The van der Waals surface area contributed by atoms with E-state index in [1.807, 2.05) is 0 Å². The SMILES string of the molecule is NC(C(=O)O)c1cocc1O. The van der Waals surface area contributed by atoms with E-state index in [1.54, 1.807) is 0 Å². The molecule has 60 valence electrons. The van der Waals surface area contributed by atoms with Gasteiger partial charge in [-0.1, -0.05) is 0 Å². The van der Waals surface area contributed by atoms with E-state index in [4.69, 9.17) is 15.9 Å². The maximum Gasteiger partial charge on any atom is 0.325 e. The van der Waals surface area contributed by atoms with Gasteiger partial charge in [0.05, 0.1) is 11.8 Å². The number of rotatable bonds is 2. The Balaban J connectivity index is 2.92. The highest BCUT2D eigenvalue weighted by atomic mass is 16.4. The Bertz CT molecular complexity index is 267. The molecule has 0 aromatic carbocycles. The molecule has 0 saturated heterocycles. The fourth-order valence-corrected chi connectivity index (χ4v) is 0.666. The van der Waals surface area contributed by atoms with Gasteiger partial charge < -0.3 is 20.4 Å². The minimum Gasteiger partial charge on any atom is -0.504 e. The highest BCUT2D eigenvalue weighted by molar-refractivity contribution is 5.76. The summed E-state index contributed by atoms with van der Waals surface area (Å²) < 4.78 is 4.52. The molecular weight excluding hydrogens is 150 g/mol. The molecule has 0 aliphatic carbocycles. The molecule has 4 N–H and O–H groups in total. The Hall–Kier alpha value is -1.49. The fourth-order valence-electron chi connectivity index (χ4n) is 0.666. The van der Waals surface area contributed by atoms with Crippen LogP contribution >= 0.6 is 0 Å². The van der Waals surface area contributed by atoms with Gasteiger partial charge >= 0.3 is 5.97 Å². The summed E-state index contributed by atoms with van der Waals surface area (Å²) in [7, 11) is 0. The Morgan fingerprint density at radius 1 is 1.64 bits per heavy atom. The van der Waals surface area contributed by atoms with Gasteiger partial charge in [-0.25, -0.2) is 0 Å². The summed E-state index contributed by atoms with van der Waals surface area (Å²) in [5.74, 6) is -1.44. The molecule has 5 heteroatoms. The Morgan fingerprint density at radius 3 is 2.64 bits per heavy atom. The van der Waals surface area contributed by atoms with Crippen LogP contribution < -0.4 is 5.73 Å². The van der Waals surface area contributed by atoms with Gasteiger partial charge in [0.25, 0.3) is 0 Å². The zero-order valence-electron chi connectivity index (χ0n) is 5.52. The van der Waals surface area contributed by atoms with Crippen LogP contribution in [-0.2, 0) is 4.79 Å². The monoisotopic (exact) mass is 157 g/mol. The van der Waals surface area contributed by atoms with Crippen molar-refractivity contribution in [2.24, 2.45) is 5.73 Å². The summed E-state index contributed by atoms with van der Waals surface area (Å²) in [6.07, 6.45) is 2.13. The van der Waals surface area contributed by atoms with Crippen molar-refractivity contribution in [1.29, 1.82) is 0 Å². The first kappa shape index (κ1) is 7.62. The van der Waals surface area contributed by atoms with Crippen molar-refractivity contribution in [2.75, 3.05) is 0 Å². The molecule has 1 rings (SSSR count). The number of furan rings is 1. The minimum atomic E-state index is -1.23. The molecule has 0 aliphatic rings. The van der Waals surface area contributed by atoms with Crippen LogP contribution in [0, 0.1) is 0 Å². The van der Waals surface area contributed by atoms with E-state index in [0.29, 0.717) is 0 Å². The Kier molecular flexibility index (Phi) is 1.82. The van der Waals surface area contributed by atoms with E-state index in [0.717, 1.165) is 12.5 Å². The van der Waals surface area contributed by atoms with Crippen LogP contribution in [0.1, 0.15) is 11.6 Å². The van der Waals surface area contributed by atoms with Crippen LogP contribution in [0.25, 0.3) is 0 Å².